The highest BCUT2D eigenvalue weighted by atomic mass is 28.5. The fraction of sp³-hybridized carbons (Fsp3) is 1.00. The van der Waals surface area contributed by atoms with Gasteiger partial charge in [-0.25, -0.2) is 0 Å². The van der Waals surface area contributed by atoms with Gasteiger partial charge in [0.05, 0.1) is 0 Å². The van der Waals surface area contributed by atoms with Gasteiger partial charge in [0, 0.05) is 16.6 Å². The molecule has 0 rings (SSSR count). The highest BCUT2D eigenvalue weighted by Gasteiger charge is 2.41. The molecule has 0 aromatic carbocycles. The van der Waals surface area contributed by atoms with Crippen molar-refractivity contribution < 1.29 is 12.7 Å². The van der Waals surface area contributed by atoms with Crippen LogP contribution in [0.5, 0.6) is 0 Å². The SMILES string of the molecule is CCCCCCCCCC[Si](C)(OC)O[Si](C)(C)O[Si](C)(C)C.C[SiH2]C. The number of hydrogen-bond donors (Lipinski definition) is 0. The maximum atomic E-state index is 6.48. The molecule has 1 atom stereocenters. The molecule has 160 valence electrons. The zero-order chi connectivity index (χ0) is 20.7. The highest BCUT2D eigenvalue weighted by Crippen LogP contribution is 2.25. The summed E-state index contributed by atoms with van der Waals surface area (Å²) in [6, 6.07) is 1.09. The van der Waals surface area contributed by atoms with Crippen LogP contribution in [0.2, 0.25) is 58.4 Å². The molecule has 0 radical (unpaired) electrons. The summed E-state index contributed by atoms with van der Waals surface area (Å²) >= 11 is 0. The summed E-state index contributed by atoms with van der Waals surface area (Å²) in [4.78, 5) is 0. The van der Waals surface area contributed by atoms with Crippen LogP contribution in [-0.2, 0) is 12.7 Å². The van der Waals surface area contributed by atoms with Gasteiger partial charge in [-0.3, -0.25) is 0 Å². The fourth-order valence-electron chi connectivity index (χ4n) is 3.05. The zero-order valence-electron chi connectivity index (χ0n) is 19.8. The van der Waals surface area contributed by atoms with Crippen molar-refractivity contribution in [1.82, 2.24) is 0 Å². The summed E-state index contributed by atoms with van der Waals surface area (Å²) in [6.07, 6.45) is 10.8. The minimum Gasteiger partial charge on any atom is -0.437 e. The Bertz CT molecular complexity index is 322. The first-order valence-corrected chi connectivity index (χ1v) is 22.5. The summed E-state index contributed by atoms with van der Waals surface area (Å²) in [5.74, 6) is 0. The van der Waals surface area contributed by atoms with Crippen molar-refractivity contribution in [2.75, 3.05) is 7.11 Å². The summed E-state index contributed by atoms with van der Waals surface area (Å²) < 4.78 is 18.6. The third-order valence-electron chi connectivity index (χ3n) is 3.93. The summed E-state index contributed by atoms with van der Waals surface area (Å²) in [7, 11) is -3.50. The van der Waals surface area contributed by atoms with Gasteiger partial charge in [-0.15, -0.1) is 0 Å². The molecule has 26 heavy (non-hydrogen) atoms. The first kappa shape index (κ1) is 29.0. The van der Waals surface area contributed by atoms with Crippen molar-refractivity contribution in [3.63, 3.8) is 0 Å². The Hall–Kier alpha value is 0.748. The van der Waals surface area contributed by atoms with Crippen molar-refractivity contribution in [2.24, 2.45) is 0 Å². The summed E-state index contributed by atoms with van der Waals surface area (Å²) in [6.45, 7) is 20.0. The molecule has 0 aromatic rings. The van der Waals surface area contributed by atoms with E-state index in [0.29, 0.717) is 9.52 Å². The van der Waals surface area contributed by atoms with Crippen LogP contribution in [0.15, 0.2) is 0 Å². The van der Waals surface area contributed by atoms with Crippen LogP contribution in [0.3, 0.4) is 0 Å². The molecule has 0 aliphatic rings. The lowest BCUT2D eigenvalue weighted by Crippen LogP contribution is -2.53. The second kappa shape index (κ2) is 15.6. The van der Waals surface area contributed by atoms with Gasteiger partial charge in [-0.2, -0.15) is 0 Å². The molecule has 0 heterocycles. The molecule has 0 spiro atoms. The van der Waals surface area contributed by atoms with Crippen molar-refractivity contribution >= 4 is 35.0 Å². The fourth-order valence-corrected chi connectivity index (χ4v) is 15.5. The lowest BCUT2D eigenvalue weighted by atomic mass is 10.1. The van der Waals surface area contributed by atoms with E-state index in [1.165, 1.54) is 51.4 Å². The Kier molecular flexibility index (Phi) is 17.4. The average molecular weight is 439 g/mol. The van der Waals surface area contributed by atoms with E-state index in [9.17, 15) is 0 Å². The van der Waals surface area contributed by atoms with Gasteiger partial charge < -0.3 is 12.7 Å². The molecule has 0 aromatic heterocycles. The third kappa shape index (κ3) is 19.5. The lowest BCUT2D eigenvalue weighted by Gasteiger charge is -2.37. The van der Waals surface area contributed by atoms with Gasteiger partial charge in [0.15, 0.2) is 8.32 Å². The Morgan fingerprint density at radius 3 is 1.50 bits per heavy atom. The number of unbranched alkanes of at least 4 members (excludes halogenated alkanes) is 7. The second-order valence-electron chi connectivity index (χ2n) is 8.99. The van der Waals surface area contributed by atoms with Gasteiger partial charge in [-0.05, 0) is 45.3 Å². The molecule has 0 saturated heterocycles. The van der Waals surface area contributed by atoms with Gasteiger partial charge in [-0.1, -0.05) is 71.4 Å². The van der Waals surface area contributed by atoms with E-state index in [2.05, 4.69) is 59.3 Å². The highest BCUT2D eigenvalue weighted by molar-refractivity contribution is 6.86. The monoisotopic (exact) mass is 438 g/mol. The van der Waals surface area contributed by atoms with Crippen molar-refractivity contribution in [1.29, 1.82) is 0 Å². The van der Waals surface area contributed by atoms with E-state index in [-0.39, 0.29) is 0 Å². The van der Waals surface area contributed by atoms with E-state index in [1.54, 1.807) is 0 Å². The van der Waals surface area contributed by atoms with Crippen LogP contribution in [0, 0.1) is 0 Å². The molecule has 1 unspecified atom stereocenters. The predicted molar refractivity (Wildman–Crippen MR) is 129 cm³/mol. The van der Waals surface area contributed by atoms with E-state index < -0.39 is 25.4 Å². The van der Waals surface area contributed by atoms with Gasteiger partial charge in [0.2, 0.25) is 0 Å². The number of hydrogen-bond acceptors (Lipinski definition) is 3. The first-order chi connectivity index (χ1) is 11.9. The molecule has 7 heteroatoms. The van der Waals surface area contributed by atoms with Crippen LogP contribution < -0.4 is 0 Å². The minimum atomic E-state index is -2.09. The normalized spacial score (nSPS) is 14.5. The average Bonchev–Trinajstić information content (AvgIpc) is 2.47. The molecule has 0 aliphatic carbocycles. The van der Waals surface area contributed by atoms with E-state index in [1.807, 2.05) is 7.11 Å². The first-order valence-electron chi connectivity index (χ1n) is 10.9. The standard InChI is InChI=1S/C17H42O3Si3.C2H8Si/c1-9-10-11-12-13-14-15-16-17-23(8,18-2)20-22(6,7)19-21(3,4)5;1-3-2/h9-17H2,1-8H3;3H2,1-2H3. The maximum Gasteiger partial charge on any atom is 0.325 e. The molecular formula is C19H50O3Si4. The van der Waals surface area contributed by atoms with Crippen molar-refractivity contribution in [3.8, 4) is 0 Å². The molecule has 0 amide bonds. The van der Waals surface area contributed by atoms with Crippen LogP contribution in [0.1, 0.15) is 58.3 Å². The van der Waals surface area contributed by atoms with Crippen molar-refractivity contribution in [3.05, 3.63) is 0 Å². The molecular weight excluding hydrogens is 389 g/mol. The Morgan fingerprint density at radius 1 is 0.692 bits per heavy atom. The largest absolute Gasteiger partial charge is 0.437 e. The van der Waals surface area contributed by atoms with Gasteiger partial charge >= 0.3 is 17.1 Å². The zero-order valence-corrected chi connectivity index (χ0v) is 24.2. The molecule has 0 fully saturated rings. The lowest BCUT2D eigenvalue weighted by molar-refractivity contribution is 0.271. The molecule has 3 nitrogen and oxygen atoms in total. The van der Waals surface area contributed by atoms with Crippen molar-refractivity contribution in [2.45, 2.75) is 117 Å². The molecule has 0 aliphatic heterocycles. The maximum absolute atomic E-state index is 6.48. The smallest absolute Gasteiger partial charge is 0.325 e. The quantitative estimate of drug-likeness (QED) is 0.224. The Balaban J connectivity index is 0. The Morgan fingerprint density at radius 2 is 1.12 bits per heavy atom. The van der Waals surface area contributed by atoms with E-state index in [4.69, 9.17) is 12.7 Å². The van der Waals surface area contributed by atoms with Crippen LogP contribution >= 0.6 is 0 Å². The van der Waals surface area contributed by atoms with Crippen LogP contribution in [0.4, 0.5) is 0 Å². The topological polar surface area (TPSA) is 27.7 Å². The third-order valence-corrected chi connectivity index (χ3v) is 14.2. The van der Waals surface area contributed by atoms with E-state index in [0.717, 1.165) is 6.04 Å². The second-order valence-corrected chi connectivity index (χ2v) is 22.2. The van der Waals surface area contributed by atoms with Crippen LogP contribution in [0.25, 0.3) is 0 Å². The molecule has 0 bridgehead atoms. The molecule has 0 N–H and O–H groups in total. The van der Waals surface area contributed by atoms with Gasteiger partial charge in [0.1, 0.15) is 0 Å². The molecule has 0 saturated carbocycles. The summed E-state index contributed by atoms with van der Waals surface area (Å²) in [5, 5.41) is 0. The Labute approximate surface area is 171 Å². The summed E-state index contributed by atoms with van der Waals surface area (Å²) in [5.41, 5.74) is 0. The van der Waals surface area contributed by atoms with Gasteiger partial charge in [0.25, 0.3) is 0 Å². The van der Waals surface area contributed by atoms with Crippen LogP contribution in [-0.4, -0.2) is 42.1 Å². The number of rotatable bonds is 14. The van der Waals surface area contributed by atoms with E-state index >= 15 is 0 Å². The minimum absolute atomic E-state index is 0.417. The predicted octanol–water partition coefficient (Wildman–Crippen LogP) is 6.67.